The van der Waals surface area contributed by atoms with Gasteiger partial charge in [0.05, 0.1) is 5.51 Å². The zero-order chi connectivity index (χ0) is 13.9. The molecule has 0 spiro atoms. The van der Waals surface area contributed by atoms with Gasteiger partial charge in [-0.1, -0.05) is 0 Å². The number of aromatic nitrogens is 4. The van der Waals surface area contributed by atoms with E-state index in [0.717, 1.165) is 0 Å². The van der Waals surface area contributed by atoms with Crippen LogP contribution in [-0.4, -0.2) is 19.9 Å². The number of rotatable bonds is 2. The first kappa shape index (κ1) is 12.2. The fourth-order valence-corrected chi connectivity index (χ4v) is 2.27. The van der Waals surface area contributed by atoms with E-state index in [4.69, 9.17) is 5.26 Å². The van der Waals surface area contributed by atoms with Crippen molar-refractivity contribution >= 4 is 11.3 Å². The molecule has 3 aromatic heterocycles. The topological polar surface area (TPSA) is 95.3 Å². The molecule has 0 aliphatic heterocycles. The number of thiazole rings is 1. The monoisotopic (exact) mass is 281 g/mol. The number of nitrogens with zero attached hydrogens (tertiary/aromatic N) is 4. The lowest BCUT2D eigenvalue weighted by atomic mass is 10.2. The van der Waals surface area contributed by atoms with Gasteiger partial charge in [0, 0.05) is 23.3 Å². The number of H-pyrrole nitrogens is 1. The standard InChI is InChI=1S/C13H7N5OS/c14-4-9-11(10-6-20-7-16-10)17-12(18-13(9)19)8-2-1-3-15-5-8/h1-3,5-7H,(H,17,18,19). The summed E-state index contributed by atoms with van der Waals surface area (Å²) in [6, 6.07) is 5.40. The Bertz CT molecular complexity index is 833. The van der Waals surface area contributed by atoms with Gasteiger partial charge in [-0.05, 0) is 12.1 Å². The minimum atomic E-state index is -0.482. The Morgan fingerprint density at radius 3 is 2.95 bits per heavy atom. The van der Waals surface area contributed by atoms with Gasteiger partial charge in [-0.25, -0.2) is 9.97 Å². The number of hydrogen-bond acceptors (Lipinski definition) is 6. The second kappa shape index (κ2) is 5.03. The van der Waals surface area contributed by atoms with Crippen LogP contribution in [0.1, 0.15) is 5.56 Å². The molecule has 7 heteroatoms. The average Bonchev–Trinajstić information content (AvgIpc) is 3.01. The highest BCUT2D eigenvalue weighted by Gasteiger charge is 2.15. The molecule has 0 saturated heterocycles. The van der Waals surface area contributed by atoms with Crippen molar-refractivity contribution < 1.29 is 0 Å². The third-order valence-electron chi connectivity index (χ3n) is 2.64. The first-order chi connectivity index (χ1) is 9.79. The zero-order valence-electron chi connectivity index (χ0n) is 10.1. The van der Waals surface area contributed by atoms with Gasteiger partial charge in [0.2, 0.25) is 0 Å². The van der Waals surface area contributed by atoms with E-state index in [9.17, 15) is 4.79 Å². The molecule has 0 aromatic carbocycles. The van der Waals surface area contributed by atoms with Crippen molar-refractivity contribution in [1.82, 2.24) is 19.9 Å². The molecule has 0 saturated carbocycles. The molecule has 96 valence electrons. The van der Waals surface area contributed by atoms with Crippen molar-refractivity contribution in [2.24, 2.45) is 0 Å². The van der Waals surface area contributed by atoms with Crippen LogP contribution in [0.3, 0.4) is 0 Å². The second-order valence-electron chi connectivity index (χ2n) is 3.87. The Balaban J connectivity index is 2.27. The van der Waals surface area contributed by atoms with Crippen LogP contribution in [-0.2, 0) is 0 Å². The quantitative estimate of drug-likeness (QED) is 0.773. The van der Waals surface area contributed by atoms with Crippen LogP contribution >= 0.6 is 11.3 Å². The molecule has 0 amide bonds. The predicted molar refractivity (Wildman–Crippen MR) is 73.9 cm³/mol. The van der Waals surface area contributed by atoms with Crippen molar-refractivity contribution in [2.45, 2.75) is 0 Å². The first-order valence-electron chi connectivity index (χ1n) is 5.63. The van der Waals surface area contributed by atoms with Gasteiger partial charge in [-0.3, -0.25) is 9.78 Å². The van der Waals surface area contributed by atoms with E-state index in [2.05, 4.69) is 19.9 Å². The summed E-state index contributed by atoms with van der Waals surface area (Å²) in [5.41, 5.74) is 2.58. The van der Waals surface area contributed by atoms with Gasteiger partial charge in [-0.2, -0.15) is 5.26 Å². The molecule has 3 aromatic rings. The summed E-state index contributed by atoms with van der Waals surface area (Å²) in [7, 11) is 0. The molecule has 0 aliphatic rings. The lowest BCUT2D eigenvalue weighted by Crippen LogP contribution is -2.15. The van der Waals surface area contributed by atoms with Crippen molar-refractivity contribution in [3.05, 3.63) is 51.3 Å². The van der Waals surface area contributed by atoms with Gasteiger partial charge in [0.1, 0.15) is 28.8 Å². The Kier molecular flexibility index (Phi) is 3.07. The average molecular weight is 281 g/mol. The highest BCUT2D eigenvalue weighted by Crippen LogP contribution is 2.21. The number of hydrogen-bond donors (Lipinski definition) is 1. The fraction of sp³-hybridized carbons (Fsp3) is 0. The minimum absolute atomic E-state index is 0.0384. The van der Waals surface area contributed by atoms with E-state index in [-0.39, 0.29) is 11.3 Å². The number of nitriles is 1. The van der Waals surface area contributed by atoms with Crippen LogP contribution in [0.5, 0.6) is 0 Å². The molecule has 1 N–H and O–H groups in total. The first-order valence-corrected chi connectivity index (χ1v) is 6.57. The Morgan fingerprint density at radius 2 is 2.30 bits per heavy atom. The maximum Gasteiger partial charge on any atom is 0.269 e. The van der Waals surface area contributed by atoms with Crippen molar-refractivity contribution in [1.29, 1.82) is 5.26 Å². The van der Waals surface area contributed by atoms with Gasteiger partial charge in [0.25, 0.3) is 5.56 Å². The van der Waals surface area contributed by atoms with Gasteiger partial charge in [-0.15, -0.1) is 11.3 Å². The van der Waals surface area contributed by atoms with E-state index >= 15 is 0 Å². The van der Waals surface area contributed by atoms with Crippen LogP contribution < -0.4 is 5.56 Å². The fourth-order valence-electron chi connectivity index (χ4n) is 1.73. The van der Waals surface area contributed by atoms with Crippen LogP contribution in [0.4, 0.5) is 0 Å². The van der Waals surface area contributed by atoms with E-state index < -0.39 is 5.56 Å². The Labute approximate surface area is 117 Å². The molecule has 0 aliphatic carbocycles. The van der Waals surface area contributed by atoms with Gasteiger partial charge < -0.3 is 4.98 Å². The summed E-state index contributed by atoms with van der Waals surface area (Å²) in [6.07, 6.45) is 3.22. The number of pyridine rings is 1. The Morgan fingerprint density at radius 1 is 1.40 bits per heavy atom. The molecule has 6 nitrogen and oxygen atoms in total. The highest BCUT2D eigenvalue weighted by molar-refractivity contribution is 7.07. The van der Waals surface area contributed by atoms with Crippen LogP contribution in [0.25, 0.3) is 22.8 Å². The van der Waals surface area contributed by atoms with Gasteiger partial charge in [0.15, 0.2) is 0 Å². The van der Waals surface area contributed by atoms with Crippen LogP contribution in [0.2, 0.25) is 0 Å². The SMILES string of the molecule is N#Cc1c(-c2cscn2)nc(-c2cccnc2)[nH]c1=O. The van der Waals surface area contributed by atoms with Crippen molar-refractivity contribution in [2.75, 3.05) is 0 Å². The Hall–Kier alpha value is -2.85. The largest absolute Gasteiger partial charge is 0.305 e. The summed E-state index contributed by atoms with van der Waals surface area (Å²) in [6.45, 7) is 0. The molecular weight excluding hydrogens is 274 g/mol. The van der Waals surface area contributed by atoms with E-state index in [1.807, 2.05) is 6.07 Å². The lowest BCUT2D eigenvalue weighted by Gasteiger charge is -2.04. The molecule has 20 heavy (non-hydrogen) atoms. The summed E-state index contributed by atoms with van der Waals surface area (Å²) in [5.74, 6) is 0.366. The second-order valence-corrected chi connectivity index (χ2v) is 4.58. The lowest BCUT2D eigenvalue weighted by molar-refractivity contribution is 1.10. The predicted octanol–water partition coefficient (Wildman–Crippen LogP) is 1.83. The molecule has 0 atom stereocenters. The highest BCUT2D eigenvalue weighted by atomic mass is 32.1. The minimum Gasteiger partial charge on any atom is -0.305 e. The number of aromatic amines is 1. The summed E-state index contributed by atoms with van der Waals surface area (Å²) in [5, 5.41) is 10.9. The van der Waals surface area contributed by atoms with Crippen LogP contribution in [0, 0.1) is 11.3 Å². The van der Waals surface area contributed by atoms with Crippen molar-refractivity contribution in [3.8, 4) is 28.8 Å². The normalized spacial score (nSPS) is 10.2. The molecule has 0 radical (unpaired) electrons. The zero-order valence-corrected chi connectivity index (χ0v) is 10.9. The molecule has 0 unspecified atom stereocenters. The van der Waals surface area contributed by atoms with E-state index in [1.165, 1.54) is 11.3 Å². The van der Waals surface area contributed by atoms with E-state index in [1.54, 1.807) is 35.4 Å². The summed E-state index contributed by atoms with van der Waals surface area (Å²) in [4.78, 5) is 27.0. The molecule has 3 rings (SSSR count). The molecule has 3 heterocycles. The maximum atomic E-state index is 12.0. The summed E-state index contributed by atoms with van der Waals surface area (Å²) >= 11 is 1.38. The third kappa shape index (κ3) is 2.08. The van der Waals surface area contributed by atoms with Gasteiger partial charge >= 0.3 is 0 Å². The van der Waals surface area contributed by atoms with Crippen LogP contribution in [0.15, 0.2) is 40.2 Å². The third-order valence-corrected chi connectivity index (χ3v) is 3.23. The van der Waals surface area contributed by atoms with Crippen molar-refractivity contribution in [3.63, 3.8) is 0 Å². The van der Waals surface area contributed by atoms with E-state index in [0.29, 0.717) is 17.1 Å². The summed E-state index contributed by atoms with van der Waals surface area (Å²) < 4.78 is 0. The molecular formula is C13H7N5OS. The smallest absolute Gasteiger partial charge is 0.269 e. The maximum absolute atomic E-state index is 12.0. The molecule has 0 fully saturated rings. The number of nitrogens with one attached hydrogen (secondary N) is 1. The molecule has 0 bridgehead atoms.